The highest BCUT2D eigenvalue weighted by molar-refractivity contribution is 7.89. The van der Waals surface area contributed by atoms with Gasteiger partial charge in [-0.15, -0.1) is 6.58 Å². The number of benzene rings is 2. The van der Waals surface area contributed by atoms with Gasteiger partial charge in [0.1, 0.15) is 5.75 Å². The first kappa shape index (κ1) is 21.0. The SMILES string of the molecule is C=CCN(CC(=O)Nc1ccc(Cl)cc1C)S(=O)(=O)c1ccc(OC)cc1. The number of aryl methyl sites for hydroxylation is 1. The number of halogens is 1. The molecule has 8 heteroatoms. The molecule has 0 aromatic heterocycles. The van der Waals surface area contributed by atoms with E-state index in [0.717, 1.165) is 9.87 Å². The molecule has 0 bridgehead atoms. The predicted octanol–water partition coefficient (Wildman–Crippen LogP) is 3.47. The fourth-order valence-electron chi connectivity index (χ4n) is 2.41. The molecule has 0 atom stereocenters. The molecule has 0 saturated carbocycles. The first-order valence-electron chi connectivity index (χ1n) is 8.09. The molecule has 0 unspecified atom stereocenters. The molecule has 1 N–H and O–H groups in total. The van der Waals surface area contributed by atoms with Crippen LogP contribution < -0.4 is 10.1 Å². The van der Waals surface area contributed by atoms with E-state index in [4.69, 9.17) is 16.3 Å². The number of carbonyl (C=O) groups excluding carboxylic acids is 1. The van der Waals surface area contributed by atoms with Gasteiger partial charge in [0.15, 0.2) is 0 Å². The number of amides is 1. The Morgan fingerprint density at radius 2 is 1.93 bits per heavy atom. The van der Waals surface area contributed by atoms with Crippen LogP contribution in [0.3, 0.4) is 0 Å². The average Bonchev–Trinajstić information content (AvgIpc) is 2.63. The number of hydrogen-bond acceptors (Lipinski definition) is 4. The molecular weight excluding hydrogens is 388 g/mol. The topological polar surface area (TPSA) is 75.7 Å². The molecule has 6 nitrogen and oxygen atoms in total. The summed E-state index contributed by atoms with van der Waals surface area (Å²) in [6.45, 7) is 5.04. The summed E-state index contributed by atoms with van der Waals surface area (Å²) in [6.07, 6.45) is 1.43. The molecule has 0 heterocycles. The number of nitrogens with zero attached hydrogens (tertiary/aromatic N) is 1. The van der Waals surface area contributed by atoms with Crippen molar-refractivity contribution in [3.05, 3.63) is 65.7 Å². The van der Waals surface area contributed by atoms with E-state index in [-0.39, 0.29) is 18.0 Å². The maximum Gasteiger partial charge on any atom is 0.243 e. The van der Waals surface area contributed by atoms with E-state index in [0.29, 0.717) is 16.5 Å². The third kappa shape index (κ3) is 5.32. The van der Waals surface area contributed by atoms with Gasteiger partial charge >= 0.3 is 0 Å². The molecule has 144 valence electrons. The van der Waals surface area contributed by atoms with Gasteiger partial charge in [0.2, 0.25) is 15.9 Å². The zero-order valence-electron chi connectivity index (χ0n) is 15.1. The van der Waals surface area contributed by atoms with Crippen molar-refractivity contribution >= 4 is 33.2 Å². The largest absolute Gasteiger partial charge is 0.497 e. The van der Waals surface area contributed by atoms with Crippen LogP contribution in [0.1, 0.15) is 5.56 Å². The lowest BCUT2D eigenvalue weighted by Gasteiger charge is -2.20. The Morgan fingerprint density at radius 3 is 2.48 bits per heavy atom. The lowest BCUT2D eigenvalue weighted by molar-refractivity contribution is -0.116. The molecule has 0 saturated heterocycles. The maximum atomic E-state index is 12.9. The van der Waals surface area contributed by atoms with Gasteiger partial charge < -0.3 is 10.1 Å². The standard InChI is InChI=1S/C19H21ClN2O4S/c1-4-11-22(27(24,25)17-8-6-16(26-3)7-9-17)13-19(23)21-18-10-5-15(20)12-14(18)2/h4-10,12H,1,11,13H2,2-3H3,(H,21,23). The molecule has 0 aliphatic carbocycles. The van der Waals surface area contributed by atoms with Crippen LogP contribution in [0, 0.1) is 6.92 Å². The number of hydrogen-bond donors (Lipinski definition) is 1. The number of nitrogens with one attached hydrogen (secondary N) is 1. The molecule has 2 rings (SSSR count). The highest BCUT2D eigenvalue weighted by Gasteiger charge is 2.26. The van der Waals surface area contributed by atoms with Crippen LogP contribution in [-0.4, -0.2) is 38.8 Å². The van der Waals surface area contributed by atoms with E-state index in [2.05, 4.69) is 11.9 Å². The summed E-state index contributed by atoms with van der Waals surface area (Å²) in [4.78, 5) is 12.5. The summed E-state index contributed by atoms with van der Waals surface area (Å²) in [5.74, 6) is 0.0829. The van der Waals surface area contributed by atoms with Crippen LogP contribution in [0.4, 0.5) is 5.69 Å². The van der Waals surface area contributed by atoms with Gasteiger partial charge in [-0.3, -0.25) is 4.79 Å². The van der Waals surface area contributed by atoms with Gasteiger partial charge in [0.25, 0.3) is 0 Å². The number of carbonyl (C=O) groups is 1. The highest BCUT2D eigenvalue weighted by atomic mass is 35.5. The van der Waals surface area contributed by atoms with E-state index in [1.807, 2.05) is 0 Å². The Hall–Kier alpha value is -2.35. The second-order valence-corrected chi connectivity index (χ2v) is 8.14. The van der Waals surface area contributed by atoms with Crippen LogP contribution in [-0.2, 0) is 14.8 Å². The van der Waals surface area contributed by atoms with Crippen LogP contribution in [0.25, 0.3) is 0 Å². The number of sulfonamides is 1. The molecule has 0 radical (unpaired) electrons. The minimum absolute atomic E-state index is 0.00137. The molecule has 2 aromatic rings. The van der Waals surface area contributed by atoms with Gasteiger partial charge in [-0.1, -0.05) is 17.7 Å². The second-order valence-electron chi connectivity index (χ2n) is 5.77. The first-order chi connectivity index (χ1) is 12.8. The van der Waals surface area contributed by atoms with Crippen molar-refractivity contribution in [1.29, 1.82) is 0 Å². The predicted molar refractivity (Wildman–Crippen MR) is 107 cm³/mol. The van der Waals surface area contributed by atoms with E-state index in [9.17, 15) is 13.2 Å². The molecule has 0 aliphatic rings. The smallest absolute Gasteiger partial charge is 0.243 e. The van der Waals surface area contributed by atoms with Crippen molar-refractivity contribution in [2.45, 2.75) is 11.8 Å². The zero-order chi connectivity index (χ0) is 20.0. The summed E-state index contributed by atoms with van der Waals surface area (Å²) >= 11 is 5.91. The third-order valence-corrected chi connectivity index (χ3v) is 5.87. The van der Waals surface area contributed by atoms with Crippen molar-refractivity contribution in [2.24, 2.45) is 0 Å². The van der Waals surface area contributed by atoms with Crippen molar-refractivity contribution in [3.63, 3.8) is 0 Å². The summed E-state index contributed by atoms with van der Waals surface area (Å²) in [5, 5.41) is 3.27. The van der Waals surface area contributed by atoms with Crippen LogP contribution >= 0.6 is 11.6 Å². The Bertz CT molecular complexity index is 927. The third-order valence-electron chi connectivity index (χ3n) is 3.81. The van der Waals surface area contributed by atoms with E-state index in [1.165, 1.54) is 25.3 Å². The Morgan fingerprint density at radius 1 is 1.26 bits per heavy atom. The lowest BCUT2D eigenvalue weighted by Crippen LogP contribution is -2.38. The van der Waals surface area contributed by atoms with E-state index in [1.54, 1.807) is 37.3 Å². The fraction of sp³-hybridized carbons (Fsp3) is 0.211. The van der Waals surface area contributed by atoms with Crippen molar-refractivity contribution < 1.29 is 17.9 Å². The number of methoxy groups -OCH3 is 1. The molecule has 2 aromatic carbocycles. The Kier molecular flexibility index (Phi) is 7.01. The van der Waals surface area contributed by atoms with Gasteiger partial charge in [0.05, 0.1) is 18.6 Å². The normalized spacial score (nSPS) is 11.3. The van der Waals surface area contributed by atoms with Crippen LogP contribution in [0.15, 0.2) is 60.0 Å². The van der Waals surface area contributed by atoms with Gasteiger partial charge in [-0.25, -0.2) is 8.42 Å². The monoisotopic (exact) mass is 408 g/mol. The first-order valence-corrected chi connectivity index (χ1v) is 9.91. The minimum atomic E-state index is -3.87. The average molecular weight is 409 g/mol. The quantitative estimate of drug-likeness (QED) is 0.678. The summed E-state index contributed by atoms with van der Waals surface area (Å²) in [6, 6.07) is 11.0. The van der Waals surface area contributed by atoms with Crippen molar-refractivity contribution in [2.75, 3.05) is 25.5 Å². The second kappa shape index (κ2) is 9.03. The summed E-state index contributed by atoms with van der Waals surface area (Å²) in [5.41, 5.74) is 1.36. The summed E-state index contributed by atoms with van der Waals surface area (Å²) in [7, 11) is -2.37. The number of anilines is 1. The number of ether oxygens (including phenoxy) is 1. The molecule has 27 heavy (non-hydrogen) atoms. The van der Waals surface area contributed by atoms with Crippen LogP contribution in [0.5, 0.6) is 5.75 Å². The van der Waals surface area contributed by atoms with E-state index < -0.39 is 15.9 Å². The van der Waals surface area contributed by atoms with Crippen molar-refractivity contribution in [3.8, 4) is 5.75 Å². The van der Waals surface area contributed by atoms with E-state index >= 15 is 0 Å². The van der Waals surface area contributed by atoms with Crippen molar-refractivity contribution in [1.82, 2.24) is 4.31 Å². The molecule has 0 fully saturated rings. The van der Waals surface area contributed by atoms with Gasteiger partial charge in [-0.2, -0.15) is 4.31 Å². The molecule has 0 spiro atoms. The zero-order valence-corrected chi connectivity index (χ0v) is 16.7. The fourth-order valence-corrected chi connectivity index (χ4v) is 4.00. The maximum absolute atomic E-state index is 12.9. The van der Waals surface area contributed by atoms with Gasteiger partial charge in [-0.05, 0) is 55.0 Å². The summed E-state index contributed by atoms with van der Waals surface area (Å²) < 4.78 is 31.8. The molecule has 0 aliphatic heterocycles. The Balaban J connectivity index is 2.19. The molecular formula is C19H21ClN2O4S. The molecule has 1 amide bonds. The lowest BCUT2D eigenvalue weighted by atomic mass is 10.2. The number of rotatable bonds is 8. The Labute approximate surface area is 164 Å². The highest BCUT2D eigenvalue weighted by Crippen LogP contribution is 2.21. The van der Waals surface area contributed by atoms with Crippen LogP contribution in [0.2, 0.25) is 5.02 Å². The minimum Gasteiger partial charge on any atom is -0.497 e. The van der Waals surface area contributed by atoms with Gasteiger partial charge in [0, 0.05) is 17.3 Å².